The van der Waals surface area contributed by atoms with Crippen LogP contribution in [0.15, 0.2) is 85.2 Å². The summed E-state index contributed by atoms with van der Waals surface area (Å²) in [6.45, 7) is 6.63. The zero-order valence-corrected chi connectivity index (χ0v) is 20.7. The van der Waals surface area contributed by atoms with Crippen LogP contribution in [0.4, 0.5) is 0 Å². The summed E-state index contributed by atoms with van der Waals surface area (Å²) in [6, 6.07) is 16.2. The van der Waals surface area contributed by atoms with Gasteiger partial charge in [0.1, 0.15) is 11.4 Å². The molecule has 1 amide bonds. The van der Waals surface area contributed by atoms with E-state index >= 15 is 0 Å². The van der Waals surface area contributed by atoms with Gasteiger partial charge in [-0.3, -0.25) is 24.5 Å². The van der Waals surface area contributed by atoms with Crippen molar-refractivity contribution in [3.63, 3.8) is 0 Å². The molecule has 3 aromatic rings. The summed E-state index contributed by atoms with van der Waals surface area (Å²) in [7, 11) is 0. The number of nitriles is 1. The number of allylic oxidation sites excluding steroid dienone is 1. The van der Waals surface area contributed by atoms with Crippen molar-refractivity contribution in [1.29, 1.82) is 5.26 Å². The maximum absolute atomic E-state index is 14.2. The van der Waals surface area contributed by atoms with Crippen LogP contribution in [0, 0.1) is 16.7 Å². The molecule has 0 radical (unpaired) electrons. The molecule has 7 nitrogen and oxygen atoms in total. The zero-order valence-electron chi connectivity index (χ0n) is 20.7. The van der Waals surface area contributed by atoms with E-state index in [1.165, 1.54) is 6.08 Å². The zero-order chi connectivity index (χ0) is 25.8. The third-order valence-electron chi connectivity index (χ3n) is 6.02. The number of carbonyl (C=O) groups excluding carboxylic acids is 2. The summed E-state index contributed by atoms with van der Waals surface area (Å²) in [5, 5.41) is 12.5. The van der Waals surface area contributed by atoms with Crippen molar-refractivity contribution in [2.75, 3.05) is 6.54 Å². The van der Waals surface area contributed by atoms with Crippen LogP contribution in [0.5, 0.6) is 0 Å². The highest BCUT2D eigenvalue weighted by molar-refractivity contribution is 6.06. The number of rotatable bonds is 7. The molecule has 1 aliphatic rings. The first-order valence-corrected chi connectivity index (χ1v) is 11.8. The fourth-order valence-electron chi connectivity index (χ4n) is 4.40. The van der Waals surface area contributed by atoms with Gasteiger partial charge in [-0.1, -0.05) is 20.8 Å². The average molecular weight is 480 g/mol. The van der Waals surface area contributed by atoms with Gasteiger partial charge in [0.05, 0.1) is 11.6 Å². The van der Waals surface area contributed by atoms with Crippen molar-refractivity contribution in [2.45, 2.75) is 39.2 Å². The van der Waals surface area contributed by atoms with E-state index in [0.29, 0.717) is 36.3 Å². The van der Waals surface area contributed by atoms with E-state index in [-0.39, 0.29) is 17.1 Å². The minimum Gasteiger partial charge on any atom is -0.357 e. The summed E-state index contributed by atoms with van der Waals surface area (Å²) in [4.78, 5) is 37.3. The molecule has 0 unspecified atom stereocenters. The number of carbonyl (C=O) groups is 2. The molecule has 7 heteroatoms. The number of amides is 1. The van der Waals surface area contributed by atoms with Crippen molar-refractivity contribution < 1.29 is 9.59 Å². The van der Waals surface area contributed by atoms with Crippen LogP contribution in [0.1, 0.15) is 47.8 Å². The van der Waals surface area contributed by atoms with Crippen LogP contribution in [-0.4, -0.2) is 38.6 Å². The second-order valence-electron chi connectivity index (χ2n) is 10.3. The molecule has 36 heavy (non-hydrogen) atoms. The first-order valence-electron chi connectivity index (χ1n) is 11.8. The molecule has 3 heterocycles. The van der Waals surface area contributed by atoms with Gasteiger partial charge in [-0.2, -0.15) is 5.26 Å². The largest absolute Gasteiger partial charge is 0.357 e. The number of ketones is 1. The van der Waals surface area contributed by atoms with E-state index < -0.39 is 5.54 Å². The average Bonchev–Trinajstić information content (AvgIpc) is 3.09. The van der Waals surface area contributed by atoms with Crippen molar-refractivity contribution in [2.24, 2.45) is 5.41 Å². The molecule has 2 aromatic heterocycles. The topological polar surface area (TPSA) is 99.0 Å². The Morgan fingerprint density at radius 2 is 1.50 bits per heavy atom. The van der Waals surface area contributed by atoms with Gasteiger partial charge in [-0.25, -0.2) is 0 Å². The summed E-state index contributed by atoms with van der Waals surface area (Å²) >= 11 is 0. The maximum atomic E-state index is 14.2. The second kappa shape index (κ2) is 10.1. The van der Waals surface area contributed by atoms with Gasteiger partial charge in [0.15, 0.2) is 5.78 Å². The lowest BCUT2D eigenvalue weighted by Gasteiger charge is -2.29. The van der Waals surface area contributed by atoms with Crippen molar-refractivity contribution >= 4 is 11.7 Å². The molecule has 1 N–H and O–H groups in total. The summed E-state index contributed by atoms with van der Waals surface area (Å²) in [5.41, 5.74) is 1.69. The third-order valence-corrected chi connectivity index (χ3v) is 6.02. The Balaban J connectivity index is 1.76. The molecular formula is C29H29N5O2. The van der Waals surface area contributed by atoms with Gasteiger partial charge in [0.25, 0.3) is 5.91 Å². The first-order chi connectivity index (χ1) is 17.2. The smallest absolute Gasteiger partial charge is 0.254 e. The molecular weight excluding hydrogens is 450 g/mol. The quantitative estimate of drug-likeness (QED) is 0.405. The summed E-state index contributed by atoms with van der Waals surface area (Å²) in [6.07, 6.45) is 9.21. The highest BCUT2D eigenvalue weighted by Gasteiger charge is 2.49. The van der Waals surface area contributed by atoms with Gasteiger partial charge in [-0.05, 0) is 65.1 Å². The van der Waals surface area contributed by atoms with E-state index in [1.54, 1.807) is 54.0 Å². The van der Waals surface area contributed by atoms with E-state index in [9.17, 15) is 9.59 Å². The minimum atomic E-state index is -0.981. The Morgan fingerprint density at radius 3 is 1.97 bits per heavy atom. The molecule has 4 rings (SSSR count). The van der Waals surface area contributed by atoms with Gasteiger partial charge in [0.2, 0.25) is 0 Å². The lowest BCUT2D eigenvalue weighted by atomic mass is 9.84. The molecule has 182 valence electrons. The Hall–Kier alpha value is -4.31. The maximum Gasteiger partial charge on any atom is 0.254 e. The summed E-state index contributed by atoms with van der Waals surface area (Å²) in [5.74, 6) is 0.162. The SMILES string of the molecule is CC(C)(C)CN1C(=O)C(Cc2ccncc2)(Cc2ccncc2)NC1=CC(=O)c1ccc(C#N)cc1. The molecule has 0 atom stereocenters. The highest BCUT2D eigenvalue weighted by Crippen LogP contribution is 2.33. The molecule has 0 spiro atoms. The monoisotopic (exact) mass is 479 g/mol. The van der Waals surface area contributed by atoms with Gasteiger partial charge in [0, 0.05) is 55.8 Å². The third kappa shape index (κ3) is 5.66. The summed E-state index contributed by atoms with van der Waals surface area (Å²) < 4.78 is 0. The van der Waals surface area contributed by atoms with E-state index in [2.05, 4.69) is 42.1 Å². The number of hydrogen-bond donors (Lipinski definition) is 1. The molecule has 1 saturated heterocycles. The van der Waals surface area contributed by atoms with E-state index in [4.69, 9.17) is 5.26 Å². The highest BCUT2D eigenvalue weighted by atomic mass is 16.2. The normalized spacial score (nSPS) is 16.0. The number of nitrogens with zero attached hydrogens (tertiary/aromatic N) is 4. The molecule has 1 aromatic carbocycles. The van der Waals surface area contributed by atoms with Crippen LogP contribution in [0.2, 0.25) is 0 Å². The molecule has 0 aliphatic carbocycles. The Morgan fingerprint density at radius 1 is 0.972 bits per heavy atom. The standard InChI is InChI=1S/C29H29N5O2/c1-28(2,3)20-34-26(16-25(35)24-6-4-23(19-30)5-7-24)33-29(27(34)36,17-21-8-12-31-13-9-21)18-22-10-14-32-15-11-22/h4-16,33H,17-18,20H2,1-3H3. The Kier molecular flexibility index (Phi) is 6.98. The first kappa shape index (κ1) is 24.8. The van der Waals surface area contributed by atoms with Crippen molar-refractivity contribution in [1.82, 2.24) is 20.2 Å². The van der Waals surface area contributed by atoms with Crippen molar-refractivity contribution in [3.05, 3.63) is 107 Å². The molecule has 1 aliphatic heterocycles. The molecule has 0 bridgehead atoms. The minimum absolute atomic E-state index is 0.0788. The van der Waals surface area contributed by atoms with E-state index in [0.717, 1.165) is 11.1 Å². The molecule has 0 saturated carbocycles. The van der Waals surface area contributed by atoms with Crippen LogP contribution in [-0.2, 0) is 17.6 Å². The van der Waals surface area contributed by atoms with Gasteiger partial charge < -0.3 is 5.32 Å². The van der Waals surface area contributed by atoms with Crippen LogP contribution < -0.4 is 5.32 Å². The van der Waals surface area contributed by atoms with Crippen LogP contribution in [0.25, 0.3) is 0 Å². The lowest BCUT2D eigenvalue weighted by molar-refractivity contribution is -0.132. The van der Waals surface area contributed by atoms with Gasteiger partial charge >= 0.3 is 0 Å². The number of benzene rings is 1. The number of nitrogens with one attached hydrogen (secondary N) is 1. The number of hydrogen-bond acceptors (Lipinski definition) is 6. The predicted octanol–water partition coefficient (Wildman–Crippen LogP) is 4.07. The van der Waals surface area contributed by atoms with Crippen molar-refractivity contribution in [3.8, 4) is 6.07 Å². The fraction of sp³-hybridized carbons (Fsp3) is 0.276. The Bertz CT molecular complexity index is 1260. The van der Waals surface area contributed by atoms with Crippen LogP contribution >= 0.6 is 0 Å². The predicted molar refractivity (Wildman–Crippen MR) is 136 cm³/mol. The Labute approximate surface area is 211 Å². The van der Waals surface area contributed by atoms with Crippen LogP contribution in [0.3, 0.4) is 0 Å². The lowest BCUT2D eigenvalue weighted by Crippen LogP contribution is -2.51. The molecule has 1 fully saturated rings. The fourth-order valence-corrected chi connectivity index (χ4v) is 4.40. The van der Waals surface area contributed by atoms with Gasteiger partial charge in [-0.15, -0.1) is 0 Å². The number of pyridine rings is 2. The van der Waals surface area contributed by atoms with E-state index in [1.807, 2.05) is 24.3 Å². The second-order valence-corrected chi connectivity index (χ2v) is 10.3. The number of aromatic nitrogens is 2.